The second-order valence-electron chi connectivity index (χ2n) is 8.35. The Balaban J connectivity index is 1.62. The summed E-state index contributed by atoms with van der Waals surface area (Å²) in [5.74, 6) is 0.164. The molecule has 28 heavy (non-hydrogen) atoms. The van der Waals surface area contributed by atoms with E-state index in [1.807, 2.05) is 37.8 Å². The fourth-order valence-electron chi connectivity index (χ4n) is 4.61. The molecule has 7 heteroatoms. The number of piperazine rings is 1. The fraction of sp³-hybridized carbons (Fsp3) is 0.667. The van der Waals surface area contributed by atoms with Crippen molar-refractivity contribution in [3.05, 3.63) is 28.8 Å². The maximum atomic E-state index is 13.2. The Morgan fingerprint density at radius 1 is 0.929 bits per heavy atom. The summed E-state index contributed by atoms with van der Waals surface area (Å²) < 4.78 is 27.9. The number of benzene rings is 1. The van der Waals surface area contributed by atoms with Crippen LogP contribution in [0.4, 0.5) is 0 Å². The smallest absolute Gasteiger partial charge is 0.277 e. The van der Waals surface area contributed by atoms with Crippen LogP contribution in [0.1, 0.15) is 42.4 Å². The molecule has 0 atom stereocenters. The highest BCUT2D eigenvalue weighted by Gasteiger charge is 2.33. The summed E-state index contributed by atoms with van der Waals surface area (Å²) in [5, 5.41) is 0. The first-order valence-electron chi connectivity index (χ1n) is 10.5. The molecule has 1 aromatic carbocycles. The van der Waals surface area contributed by atoms with Crippen LogP contribution in [0, 0.1) is 20.8 Å². The Morgan fingerprint density at radius 3 is 2.00 bits per heavy atom. The number of amides is 1. The van der Waals surface area contributed by atoms with Crippen molar-refractivity contribution in [3.8, 4) is 0 Å². The van der Waals surface area contributed by atoms with E-state index in [1.54, 1.807) is 4.31 Å². The predicted octanol–water partition coefficient (Wildman–Crippen LogP) is 0.904. The average molecular weight is 409 g/mol. The number of rotatable bonds is 4. The van der Waals surface area contributed by atoms with E-state index < -0.39 is 10.0 Å². The number of carbonyl (C=O) groups excluding carboxylic acids is 1. The first-order valence-corrected chi connectivity index (χ1v) is 11.9. The molecule has 1 aromatic rings. The molecular formula is C21H34N3O3S+. The molecular weight excluding hydrogens is 374 g/mol. The van der Waals surface area contributed by atoms with Gasteiger partial charge in [-0.1, -0.05) is 17.7 Å². The highest BCUT2D eigenvalue weighted by atomic mass is 32.2. The van der Waals surface area contributed by atoms with Crippen molar-refractivity contribution in [1.82, 2.24) is 9.21 Å². The third-order valence-electron chi connectivity index (χ3n) is 6.01. The van der Waals surface area contributed by atoms with Crippen LogP contribution in [0.5, 0.6) is 0 Å². The molecule has 2 fully saturated rings. The maximum Gasteiger partial charge on any atom is 0.277 e. The van der Waals surface area contributed by atoms with Crippen molar-refractivity contribution in [1.29, 1.82) is 0 Å². The first-order chi connectivity index (χ1) is 13.3. The molecule has 0 saturated carbocycles. The largest absolute Gasteiger partial charge is 0.335 e. The van der Waals surface area contributed by atoms with Gasteiger partial charge >= 0.3 is 0 Å². The van der Waals surface area contributed by atoms with Crippen LogP contribution < -0.4 is 4.90 Å². The Hall–Kier alpha value is -1.44. The van der Waals surface area contributed by atoms with Gasteiger partial charge in [0, 0.05) is 26.2 Å². The molecule has 0 aromatic heterocycles. The van der Waals surface area contributed by atoms with Gasteiger partial charge in [0.1, 0.15) is 0 Å². The molecule has 2 saturated heterocycles. The zero-order chi connectivity index (χ0) is 20.3. The number of carbonyl (C=O) groups is 1. The molecule has 0 spiro atoms. The Kier molecular flexibility index (Phi) is 6.78. The van der Waals surface area contributed by atoms with Crippen molar-refractivity contribution in [2.24, 2.45) is 0 Å². The predicted molar refractivity (Wildman–Crippen MR) is 110 cm³/mol. The Bertz CT molecular complexity index is 783. The number of nitrogens with one attached hydrogen (secondary N) is 1. The summed E-state index contributed by atoms with van der Waals surface area (Å²) in [6.45, 7) is 10.1. The summed E-state index contributed by atoms with van der Waals surface area (Å²) in [7, 11) is -3.53. The van der Waals surface area contributed by atoms with Gasteiger partial charge in [0.05, 0.1) is 18.0 Å². The van der Waals surface area contributed by atoms with E-state index in [2.05, 4.69) is 0 Å². The van der Waals surface area contributed by atoms with Gasteiger partial charge in [0.25, 0.3) is 5.91 Å². The van der Waals surface area contributed by atoms with Gasteiger partial charge in [-0.3, -0.25) is 4.79 Å². The zero-order valence-electron chi connectivity index (χ0n) is 17.5. The average Bonchev–Trinajstić information content (AvgIpc) is 2.89. The summed E-state index contributed by atoms with van der Waals surface area (Å²) in [6.07, 6.45) is 4.94. The number of hydrogen-bond donors (Lipinski definition) is 1. The van der Waals surface area contributed by atoms with Gasteiger partial charge in [-0.25, -0.2) is 8.42 Å². The monoisotopic (exact) mass is 408 g/mol. The van der Waals surface area contributed by atoms with Crippen LogP contribution in [-0.4, -0.2) is 69.3 Å². The second kappa shape index (κ2) is 8.93. The van der Waals surface area contributed by atoms with E-state index in [0.717, 1.165) is 29.8 Å². The molecule has 2 heterocycles. The topological polar surface area (TPSA) is 62.1 Å². The van der Waals surface area contributed by atoms with E-state index in [0.29, 0.717) is 37.6 Å². The van der Waals surface area contributed by atoms with Gasteiger partial charge < -0.3 is 9.80 Å². The quantitative estimate of drug-likeness (QED) is 0.805. The molecule has 0 bridgehead atoms. The number of aryl methyl sites for hydroxylation is 3. The van der Waals surface area contributed by atoms with Crippen LogP contribution in [0.3, 0.4) is 0 Å². The molecule has 1 N–H and O–H groups in total. The number of nitrogens with zero attached hydrogens (tertiary/aromatic N) is 2. The summed E-state index contributed by atoms with van der Waals surface area (Å²) in [5.41, 5.74) is 2.65. The second-order valence-corrected chi connectivity index (χ2v) is 10.2. The van der Waals surface area contributed by atoms with Crippen LogP contribution in [-0.2, 0) is 14.8 Å². The minimum Gasteiger partial charge on any atom is -0.335 e. The number of quaternary nitrogens is 1. The van der Waals surface area contributed by atoms with Crippen molar-refractivity contribution < 1.29 is 18.1 Å². The van der Waals surface area contributed by atoms with E-state index in [4.69, 9.17) is 0 Å². The fourth-order valence-corrected chi connectivity index (χ4v) is 6.45. The van der Waals surface area contributed by atoms with Gasteiger partial charge in [0.2, 0.25) is 10.0 Å². The number of sulfonamides is 1. The van der Waals surface area contributed by atoms with Crippen LogP contribution >= 0.6 is 0 Å². The summed E-state index contributed by atoms with van der Waals surface area (Å²) >= 11 is 0. The van der Waals surface area contributed by atoms with E-state index in [9.17, 15) is 13.2 Å². The Morgan fingerprint density at radius 2 is 1.46 bits per heavy atom. The van der Waals surface area contributed by atoms with E-state index in [1.165, 1.54) is 30.6 Å². The van der Waals surface area contributed by atoms with Crippen LogP contribution in [0.15, 0.2) is 17.0 Å². The van der Waals surface area contributed by atoms with Crippen LogP contribution in [0.2, 0.25) is 0 Å². The van der Waals surface area contributed by atoms with Crippen molar-refractivity contribution in [3.63, 3.8) is 0 Å². The molecule has 156 valence electrons. The molecule has 1 amide bonds. The summed E-state index contributed by atoms with van der Waals surface area (Å²) in [4.78, 5) is 16.3. The molecule has 2 aliphatic heterocycles. The van der Waals surface area contributed by atoms with Crippen molar-refractivity contribution >= 4 is 15.9 Å². The minimum atomic E-state index is -3.53. The lowest BCUT2D eigenvalue weighted by Gasteiger charge is -2.35. The SMILES string of the molecule is Cc1cc(C)c(S(=O)(=O)N2CCN(C(=O)C[NH+]3CCCCCC3)CC2)c(C)c1. The number of likely N-dealkylation sites (tertiary alicyclic amines) is 1. The van der Waals surface area contributed by atoms with E-state index in [-0.39, 0.29) is 5.91 Å². The lowest BCUT2D eigenvalue weighted by atomic mass is 10.1. The van der Waals surface area contributed by atoms with Gasteiger partial charge in [-0.2, -0.15) is 4.31 Å². The third-order valence-corrected chi connectivity index (χ3v) is 8.21. The highest BCUT2D eigenvalue weighted by Crippen LogP contribution is 2.26. The standard InChI is InChI=1S/C21H33N3O3S/c1-17-14-18(2)21(19(3)15-17)28(26,27)24-12-10-23(11-13-24)20(25)16-22-8-6-4-5-7-9-22/h14-15H,4-13,16H2,1-3H3/p+1. The number of hydrogen-bond acceptors (Lipinski definition) is 3. The molecule has 0 aliphatic carbocycles. The molecule has 0 radical (unpaired) electrons. The van der Waals surface area contributed by atoms with E-state index >= 15 is 0 Å². The molecule has 2 aliphatic rings. The first kappa shape index (κ1) is 21.3. The molecule has 3 rings (SSSR count). The lowest BCUT2D eigenvalue weighted by molar-refractivity contribution is -0.891. The molecule has 6 nitrogen and oxygen atoms in total. The summed E-state index contributed by atoms with van der Waals surface area (Å²) in [6, 6.07) is 3.84. The van der Waals surface area contributed by atoms with Gasteiger partial charge in [0.15, 0.2) is 6.54 Å². The molecule has 0 unspecified atom stereocenters. The lowest BCUT2D eigenvalue weighted by Crippen LogP contribution is -3.13. The van der Waals surface area contributed by atoms with Gasteiger partial charge in [-0.05, 0) is 57.6 Å². The normalized spacial score (nSPS) is 20.2. The Labute approximate surface area is 169 Å². The maximum absolute atomic E-state index is 13.2. The minimum absolute atomic E-state index is 0.164. The van der Waals surface area contributed by atoms with Gasteiger partial charge in [-0.15, -0.1) is 0 Å². The van der Waals surface area contributed by atoms with Crippen molar-refractivity contribution in [2.75, 3.05) is 45.8 Å². The highest BCUT2D eigenvalue weighted by molar-refractivity contribution is 7.89. The zero-order valence-corrected chi connectivity index (χ0v) is 18.3. The third kappa shape index (κ3) is 4.75. The van der Waals surface area contributed by atoms with Crippen LogP contribution in [0.25, 0.3) is 0 Å². The van der Waals surface area contributed by atoms with Crippen molar-refractivity contribution in [2.45, 2.75) is 51.3 Å².